The van der Waals surface area contributed by atoms with Crippen LogP contribution in [-0.2, 0) is 19.4 Å². The second kappa shape index (κ2) is 7.04. The molecule has 0 fully saturated rings. The fraction of sp³-hybridized carbons (Fsp3) is 0.385. The maximum absolute atomic E-state index is 11.7. The van der Waals surface area contributed by atoms with Crippen molar-refractivity contribution in [3.8, 4) is 0 Å². The first-order chi connectivity index (χ1) is 9.35. The molecule has 0 saturated heterocycles. The van der Waals surface area contributed by atoms with Crippen molar-refractivity contribution >= 4 is 21.7 Å². The third-order valence-corrected chi connectivity index (χ3v) is 4.28. The number of carbonyl (C=O) groups excluding carboxylic acids is 1. The van der Waals surface area contributed by atoms with Gasteiger partial charge in [-0.15, -0.1) is 0 Å². The van der Waals surface area contributed by atoms with Crippen molar-refractivity contribution in [1.29, 1.82) is 0 Å². The highest BCUT2D eigenvalue weighted by Crippen LogP contribution is 2.12. The molecule has 0 bridgehead atoms. The first kappa shape index (κ1) is 16.2. The predicted octanol–water partition coefficient (Wildman–Crippen LogP) is 0.753. The molecule has 6 nitrogen and oxygen atoms in total. The number of carboxylic acids is 1. The second-order valence-corrected chi connectivity index (χ2v) is 6.53. The number of rotatable bonds is 7. The molecule has 1 rings (SSSR count). The fourth-order valence-corrected chi connectivity index (χ4v) is 2.97. The maximum atomic E-state index is 11.7. The van der Waals surface area contributed by atoms with Gasteiger partial charge in [-0.3, -0.25) is 4.79 Å². The average Bonchev–Trinajstić information content (AvgIpc) is 2.36. The first-order valence-corrected chi connectivity index (χ1v) is 7.95. The summed E-state index contributed by atoms with van der Waals surface area (Å²) in [6, 6.07) is 6.87. The Morgan fingerprint density at radius 3 is 2.35 bits per heavy atom. The minimum Gasteiger partial charge on any atom is -0.479 e. The lowest BCUT2D eigenvalue weighted by molar-refractivity contribution is -0.141. The van der Waals surface area contributed by atoms with Gasteiger partial charge in [0.05, 0.1) is 5.75 Å². The molecule has 1 aromatic carbocycles. The van der Waals surface area contributed by atoms with Gasteiger partial charge in [0.25, 0.3) is 0 Å². The normalized spacial score (nSPS) is 12.7. The van der Waals surface area contributed by atoms with Crippen LogP contribution in [0.4, 0.5) is 0 Å². The number of hydrogen-bond acceptors (Lipinski definition) is 4. The van der Waals surface area contributed by atoms with E-state index in [2.05, 4.69) is 5.32 Å². The zero-order valence-corrected chi connectivity index (χ0v) is 11.9. The highest BCUT2D eigenvalue weighted by Gasteiger charge is 2.24. The number of nitrogens with one attached hydrogen (secondary N) is 1. The molecule has 0 spiro atoms. The van der Waals surface area contributed by atoms with E-state index in [1.807, 2.05) is 0 Å². The summed E-state index contributed by atoms with van der Waals surface area (Å²) in [6.07, 6.45) is 0.413. The SMILES string of the molecule is CCCS(=O)(=O)CC(=O)N[C@@H](C(=O)O)c1ccccc1. The number of sulfone groups is 1. The Morgan fingerprint density at radius 1 is 1.25 bits per heavy atom. The van der Waals surface area contributed by atoms with Crippen LogP contribution in [0.5, 0.6) is 0 Å². The molecule has 0 unspecified atom stereocenters. The van der Waals surface area contributed by atoms with Crippen LogP contribution in [-0.4, -0.2) is 36.9 Å². The molecule has 0 aromatic heterocycles. The minimum atomic E-state index is -3.49. The Kier molecular flexibility index (Phi) is 5.69. The van der Waals surface area contributed by atoms with Gasteiger partial charge in [0, 0.05) is 0 Å². The summed E-state index contributed by atoms with van der Waals surface area (Å²) in [5, 5.41) is 11.3. The topological polar surface area (TPSA) is 101 Å². The summed E-state index contributed by atoms with van der Waals surface area (Å²) in [7, 11) is -3.49. The van der Waals surface area contributed by atoms with Gasteiger partial charge in [0.15, 0.2) is 15.9 Å². The van der Waals surface area contributed by atoms with Gasteiger partial charge in [-0.1, -0.05) is 37.3 Å². The maximum Gasteiger partial charge on any atom is 0.330 e. The highest BCUT2D eigenvalue weighted by atomic mass is 32.2. The summed E-state index contributed by atoms with van der Waals surface area (Å²) in [4.78, 5) is 22.8. The van der Waals surface area contributed by atoms with Crippen molar-refractivity contribution in [2.24, 2.45) is 0 Å². The predicted molar refractivity (Wildman–Crippen MR) is 73.9 cm³/mol. The summed E-state index contributed by atoms with van der Waals surface area (Å²) >= 11 is 0. The molecular weight excluding hydrogens is 282 g/mol. The van der Waals surface area contributed by atoms with Crippen molar-refractivity contribution in [3.63, 3.8) is 0 Å². The third kappa shape index (κ3) is 5.00. The van der Waals surface area contributed by atoms with Gasteiger partial charge in [0.2, 0.25) is 5.91 Å². The van der Waals surface area contributed by atoms with Crippen molar-refractivity contribution in [3.05, 3.63) is 35.9 Å². The number of benzene rings is 1. The number of hydrogen-bond donors (Lipinski definition) is 2. The van der Waals surface area contributed by atoms with Crippen molar-refractivity contribution in [1.82, 2.24) is 5.32 Å². The Bertz CT molecular complexity index is 568. The van der Waals surface area contributed by atoms with Crippen LogP contribution in [0.25, 0.3) is 0 Å². The monoisotopic (exact) mass is 299 g/mol. The lowest BCUT2D eigenvalue weighted by Crippen LogP contribution is -2.37. The summed E-state index contributed by atoms with van der Waals surface area (Å²) in [6.45, 7) is 1.69. The van der Waals surface area contributed by atoms with Crippen LogP contribution in [0.15, 0.2) is 30.3 Å². The molecule has 0 aliphatic carbocycles. The number of carboxylic acid groups (broad SMARTS) is 1. The Morgan fingerprint density at radius 2 is 1.85 bits per heavy atom. The van der Waals surface area contributed by atoms with E-state index < -0.39 is 33.5 Å². The average molecular weight is 299 g/mol. The minimum absolute atomic E-state index is 0.0938. The zero-order valence-electron chi connectivity index (χ0n) is 11.1. The van der Waals surface area contributed by atoms with E-state index in [0.717, 1.165) is 0 Å². The molecule has 1 amide bonds. The molecule has 0 heterocycles. The molecule has 7 heteroatoms. The molecule has 1 aromatic rings. The summed E-state index contributed by atoms with van der Waals surface area (Å²) in [5.74, 6) is -2.84. The van der Waals surface area contributed by atoms with Crippen LogP contribution in [0, 0.1) is 0 Å². The first-order valence-electron chi connectivity index (χ1n) is 6.13. The molecule has 110 valence electrons. The summed E-state index contributed by atoms with van der Waals surface area (Å²) < 4.78 is 23.0. The zero-order chi connectivity index (χ0) is 15.2. The quantitative estimate of drug-likeness (QED) is 0.774. The van der Waals surface area contributed by atoms with Gasteiger partial charge < -0.3 is 10.4 Å². The van der Waals surface area contributed by atoms with Crippen LogP contribution in [0.2, 0.25) is 0 Å². The van der Waals surface area contributed by atoms with E-state index in [-0.39, 0.29) is 5.75 Å². The standard InChI is InChI=1S/C13H17NO5S/c1-2-8-20(18,19)9-11(15)14-12(13(16)17)10-6-4-3-5-7-10/h3-7,12H,2,8-9H2,1H3,(H,14,15)(H,16,17)/t12-/m1/s1. The molecule has 0 aliphatic rings. The van der Waals surface area contributed by atoms with E-state index in [4.69, 9.17) is 5.11 Å². The van der Waals surface area contributed by atoms with Crippen LogP contribution in [0.3, 0.4) is 0 Å². The summed E-state index contributed by atoms with van der Waals surface area (Å²) in [5.41, 5.74) is 0.390. The lowest BCUT2D eigenvalue weighted by Gasteiger charge is -2.14. The Balaban J connectivity index is 2.78. The highest BCUT2D eigenvalue weighted by molar-refractivity contribution is 7.92. The van der Waals surface area contributed by atoms with Crippen LogP contribution in [0.1, 0.15) is 24.9 Å². The third-order valence-electron chi connectivity index (χ3n) is 2.55. The number of aliphatic carboxylic acids is 1. The van der Waals surface area contributed by atoms with Crippen molar-refractivity contribution in [2.45, 2.75) is 19.4 Å². The van der Waals surface area contributed by atoms with E-state index in [1.54, 1.807) is 37.3 Å². The van der Waals surface area contributed by atoms with Crippen LogP contribution >= 0.6 is 0 Å². The molecule has 20 heavy (non-hydrogen) atoms. The van der Waals surface area contributed by atoms with E-state index in [1.165, 1.54) is 0 Å². The van der Waals surface area contributed by atoms with E-state index in [0.29, 0.717) is 12.0 Å². The van der Waals surface area contributed by atoms with Gasteiger partial charge in [-0.25, -0.2) is 13.2 Å². The van der Waals surface area contributed by atoms with Crippen molar-refractivity contribution < 1.29 is 23.1 Å². The molecule has 0 aliphatic heterocycles. The molecule has 1 atom stereocenters. The smallest absolute Gasteiger partial charge is 0.330 e. The lowest BCUT2D eigenvalue weighted by atomic mass is 10.1. The molecule has 2 N–H and O–H groups in total. The Hall–Kier alpha value is -1.89. The Labute approximate surface area is 117 Å². The molecule has 0 saturated carbocycles. The largest absolute Gasteiger partial charge is 0.479 e. The van der Waals surface area contributed by atoms with Gasteiger partial charge >= 0.3 is 5.97 Å². The number of carbonyl (C=O) groups is 2. The van der Waals surface area contributed by atoms with E-state index in [9.17, 15) is 18.0 Å². The number of amides is 1. The van der Waals surface area contributed by atoms with Gasteiger partial charge in [-0.2, -0.15) is 0 Å². The fourth-order valence-electron chi connectivity index (χ4n) is 1.72. The van der Waals surface area contributed by atoms with Crippen LogP contribution < -0.4 is 5.32 Å². The second-order valence-electron chi connectivity index (χ2n) is 4.34. The van der Waals surface area contributed by atoms with E-state index >= 15 is 0 Å². The van der Waals surface area contributed by atoms with Gasteiger partial charge in [0.1, 0.15) is 5.75 Å². The van der Waals surface area contributed by atoms with Crippen molar-refractivity contribution in [2.75, 3.05) is 11.5 Å². The molecular formula is C13H17NO5S. The van der Waals surface area contributed by atoms with Gasteiger partial charge in [-0.05, 0) is 12.0 Å². The molecule has 0 radical (unpaired) electrons.